The zero-order chi connectivity index (χ0) is 42.5. The first kappa shape index (κ1) is 38.1. The van der Waals surface area contributed by atoms with Crippen LogP contribution in [0, 0.1) is 13.8 Å². The average molecular weight is 819 g/mol. The number of rotatable bonds is 7. The minimum Gasteiger partial charge on any atom is -0.454 e. The lowest BCUT2D eigenvalue weighted by molar-refractivity contribution is 0.645. The van der Waals surface area contributed by atoms with Crippen LogP contribution in [0.15, 0.2) is 180 Å². The molecule has 0 spiro atoms. The number of anilines is 6. The number of para-hydroxylation sites is 3. The Kier molecular flexibility index (Phi) is 8.65. The fourth-order valence-corrected chi connectivity index (χ4v) is 11.3. The van der Waals surface area contributed by atoms with Crippen molar-refractivity contribution in [3.8, 4) is 11.1 Å². The number of aryl methyl sites for hydroxylation is 2. The molecular formula is C58H50N2OSi. The molecular weight excluding hydrogens is 769 g/mol. The van der Waals surface area contributed by atoms with Gasteiger partial charge in [0.15, 0.2) is 5.58 Å². The number of benzene rings is 9. The smallest absolute Gasteiger partial charge is 0.159 e. The minimum atomic E-state index is -1.52. The van der Waals surface area contributed by atoms with Gasteiger partial charge in [0, 0.05) is 44.6 Å². The van der Waals surface area contributed by atoms with Crippen LogP contribution in [0.3, 0.4) is 0 Å². The van der Waals surface area contributed by atoms with E-state index < -0.39 is 8.07 Å². The number of hydrogen-bond acceptors (Lipinski definition) is 3. The van der Waals surface area contributed by atoms with E-state index in [9.17, 15) is 0 Å². The van der Waals surface area contributed by atoms with Gasteiger partial charge in [0.1, 0.15) is 5.58 Å². The Labute approximate surface area is 365 Å². The van der Waals surface area contributed by atoms with Crippen LogP contribution in [0.4, 0.5) is 34.1 Å². The molecule has 1 heterocycles. The molecule has 1 aliphatic rings. The van der Waals surface area contributed by atoms with Gasteiger partial charge in [-0.25, -0.2) is 0 Å². The fourth-order valence-electron chi connectivity index (χ4n) is 10.2. The largest absolute Gasteiger partial charge is 0.454 e. The monoisotopic (exact) mass is 818 g/mol. The number of nitrogens with zero attached hydrogens (tertiary/aromatic N) is 2. The second kappa shape index (κ2) is 14.1. The van der Waals surface area contributed by atoms with Gasteiger partial charge in [0.05, 0.1) is 13.8 Å². The summed E-state index contributed by atoms with van der Waals surface area (Å²) in [6, 6.07) is 65.0. The van der Waals surface area contributed by atoms with Crippen LogP contribution < -0.4 is 15.0 Å². The maximum Gasteiger partial charge on any atom is 0.159 e. The molecule has 0 amide bonds. The van der Waals surface area contributed by atoms with Crippen LogP contribution in [0.5, 0.6) is 0 Å². The summed E-state index contributed by atoms with van der Waals surface area (Å²) < 4.78 is 6.71. The van der Waals surface area contributed by atoms with Crippen molar-refractivity contribution in [3.63, 3.8) is 0 Å². The number of furan rings is 1. The van der Waals surface area contributed by atoms with Gasteiger partial charge >= 0.3 is 0 Å². The first-order valence-electron chi connectivity index (χ1n) is 21.8. The highest BCUT2D eigenvalue weighted by molar-refractivity contribution is 6.88. The van der Waals surface area contributed by atoms with Gasteiger partial charge in [0.2, 0.25) is 0 Å². The third-order valence-electron chi connectivity index (χ3n) is 13.4. The van der Waals surface area contributed by atoms with E-state index in [0.717, 1.165) is 56.1 Å². The molecule has 0 atom stereocenters. The summed E-state index contributed by atoms with van der Waals surface area (Å²) in [4.78, 5) is 4.78. The van der Waals surface area contributed by atoms with Gasteiger partial charge < -0.3 is 14.2 Å². The van der Waals surface area contributed by atoms with E-state index in [-0.39, 0.29) is 5.41 Å². The molecule has 0 radical (unpaired) electrons. The van der Waals surface area contributed by atoms with Crippen LogP contribution in [0.2, 0.25) is 19.6 Å². The summed E-state index contributed by atoms with van der Waals surface area (Å²) in [5.41, 5.74) is 16.1. The second-order valence-corrected chi connectivity index (χ2v) is 23.8. The number of hydrogen-bond donors (Lipinski definition) is 0. The van der Waals surface area contributed by atoms with Crippen molar-refractivity contribution in [2.75, 3.05) is 9.80 Å². The quantitative estimate of drug-likeness (QED) is 0.118. The lowest BCUT2D eigenvalue weighted by Gasteiger charge is -2.37. The highest BCUT2D eigenvalue weighted by Crippen LogP contribution is 2.54. The Morgan fingerprint density at radius 1 is 0.468 bits per heavy atom. The highest BCUT2D eigenvalue weighted by Gasteiger charge is 2.36. The van der Waals surface area contributed by atoms with Crippen LogP contribution >= 0.6 is 0 Å². The molecule has 9 aromatic carbocycles. The average Bonchev–Trinajstić information content (AvgIpc) is 3.67. The third-order valence-corrected chi connectivity index (χ3v) is 15.5. The van der Waals surface area contributed by atoms with Crippen molar-refractivity contribution in [2.24, 2.45) is 0 Å². The maximum atomic E-state index is 6.71. The number of fused-ring (bicyclic) bond motifs is 7. The predicted octanol–water partition coefficient (Wildman–Crippen LogP) is 16.3. The molecule has 1 aromatic heterocycles. The van der Waals surface area contributed by atoms with Gasteiger partial charge in [-0.15, -0.1) is 0 Å². The lowest BCUT2D eigenvalue weighted by atomic mass is 9.67. The summed E-state index contributed by atoms with van der Waals surface area (Å²) in [7, 11) is -1.52. The first-order valence-corrected chi connectivity index (χ1v) is 25.3. The topological polar surface area (TPSA) is 19.6 Å². The molecule has 0 saturated heterocycles. The van der Waals surface area contributed by atoms with Crippen molar-refractivity contribution in [2.45, 2.75) is 52.8 Å². The Morgan fingerprint density at radius 2 is 1.08 bits per heavy atom. The van der Waals surface area contributed by atoms with Gasteiger partial charge in [-0.2, -0.15) is 0 Å². The Balaban J connectivity index is 1.12. The molecule has 3 nitrogen and oxygen atoms in total. The Bertz CT molecular complexity index is 3370. The summed E-state index contributed by atoms with van der Waals surface area (Å²) in [5.74, 6) is 0. The maximum absolute atomic E-state index is 6.71. The van der Waals surface area contributed by atoms with E-state index in [4.69, 9.17) is 4.42 Å². The molecule has 0 saturated carbocycles. The van der Waals surface area contributed by atoms with E-state index in [1.807, 2.05) is 0 Å². The van der Waals surface area contributed by atoms with Gasteiger partial charge in [-0.1, -0.05) is 147 Å². The molecule has 0 fully saturated rings. The molecule has 0 bridgehead atoms. The van der Waals surface area contributed by atoms with Crippen LogP contribution in [-0.2, 0) is 5.41 Å². The lowest BCUT2D eigenvalue weighted by Crippen LogP contribution is -2.37. The second-order valence-electron chi connectivity index (χ2n) is 18.7. The molecule has 302 valence electrons. The molecule has 10 aromatic rings. The van der Waals surface area contributed by atoms with Gasteiger partial charge in [0.25, 0.3) is 0 Å². The van der Waals surface area contributed by atoms with Crippen molar-refractivity contribution < 1.29 is 4.42 Å². The molecule has 0 aliphatic heterocycles. The van der Waals surface area contributed by atoms with E-state index in [1.165, 1.54) is 60.1 Å². The molecule has 62 heavy (non-hydrogen) atoms. The van der Waals surface area contributed by atoms with Crippen LogP contribution in [0.1, 0.15) is 36.1 Å². The molecule has 0 unspecified atom stereocenters. The summed E-state index contributed by atoms with van der Waals surface area (Å²) in [6.45, 7) is 16.5. The summed E-state index contributed by atoms with van der Waals surface area (Å²) in [6.07, 6.45) is 0. The zero-order valence-corrected chi connectivity index (χ0v) is 37.5. The molecule has 0 N–H and O–H groups in total. The van der Waals surface area contributed by atoms with E-state index in [2.05, 4.69) is 233 Å². The Morgan fingerprint density at radius 3 is 1.85 bits per heavy atom. The van der Waals surface area contributed by atoms with Gasteiger partial charge in [-0.05, 0) is 136 Å². The van der Waals surface area contributed by atoms with E-state index in [1.54, 1.807) is 0 Å². The highest BCUT2D eigenvalue weighted by atomic mass is 28.3. The SMILES string of the molecule is Cc1ccc(N(c2ccccc2)c2ccc3c(c2)C(C)(C)c2cccc4c2c-3c(C)c2ccc(N(c3ccc([Si](C)(C)C)cc3)c3cccc5c3oc3ccccc35)cc24)cc1. The molecule has 1 aliphatic carbocycles. The first-order chi connectivity index (χ1) is 30.0. The summed E-state index contributed by atoms with van der Waals surface area (Å²) >= 11 is 0. The van der Waals surface area contributed by atoms with Crippen molar-refractivity contribution >= 4 is 90.9 Å². The molecule has 11 rings (SSSR count). The minimum absolute atomic E-state index is 0.258. The molecule has 4 heteroatoms. The standard InChI is InChI=1S/C58H50N2OSi/c1-37-23-25-40(26-24-37)59(39-15-9-8-10-16-39)43-30-34-49-52(36-43)58(3,4)51-20-13-18-47-50-35-42(29-33-45(50)38(2)55(49)56(47)51)60(41-27-31-44(32-28-41)62(5,6)7)53-21-14-19-48-46-17-11-12-22-54(46)61-57(48)53/h8-36H,1-7H3. The Hall–Kier alpha value is -6.88. The fraction of sp³-hybridized carbons (Fsp3) is 0.138. The normalized spacial score (nSPS) is 13.2. The van der Waals surface area contributed by atoms with E-state index in [0.29, 0.717) is 0 Å². The van der Waals surface area contributed by atoms with Crippen molar-refractivity contribution in [1.82, 2.24) is 0 Å². The third kappa shape index (κ3) is 5.92. The van der Waals surface area contributed by atoms with Crippen molar-refractivity contribution in [3.05, 3.63) is 198 Å². The zero-order valence-electron chi connectivity index (χ0n) is 36.5. The predicted molar refractivity (Wildman–Crippen MR) is 268 cm³/mol. The van der Waals surface area contributed by atoms with Crippen LogP contribution in [-0.4, -0.2) is 8.07 Å². The summed E-state index contributed by atoms with van der Waals surface area (Å²) in [5, 5.41) is 8.85. The van der Waals surface area contributed by atoms with Crippen LogP contribution in [0.25, 0.3) is 54.6 Å². The van der Waals surface area contributed by atoms with Crippen molar-refractivity contribution in [1.29, 1.82) is 0 Å². The van der Waals surface area contributed by atoms with Gasteiger partial charge in [-0.3, -0.25) is 0 Å². The van der Waals surface area contributed by atoms with E-state index >= 15 is 0 Å².